The number of benzene rings is 2. The van der Waals surface area contributed by atoms with Gasteiger partial charge < -0.3 is 15.4 Å². The van der Waals surface area contributed by atoms with Crippen molar-refractivity contribution in [3.8, 4) is 5.75 Å². The molecule has 32 heavy (non-hydrogen) atoms. The lowest BCUT2D eigenvalue weighted by Gasteiger charge is -2.25. The van der Waals surface area contributed by atoms with Gasteiger partial charge in [-0.1, -0.05) is 18.5 Å². The predicted octanol–water partition coefficient (Wildman–Crippen LogP) is 3.48. The first kappa shape index (κ1) is 26.1. The largest absolute Gasteiger partial charge is 0.495 e. The molecule has 1 saturated heterocycles. The monoisotopic (exact) mass is 502 g/mol. The molecular formula is C21H28Cl2N4O4S. The van der Waals surface area contributed by atoms with E-state index in [-0.39, 0.29) is 28.7 Å². The highest BCUT2D eigenvalue weighted by Crippen LogP contribution is 2.28. The van der Waals surface area contributed by atoms with E-state index in [0.717, 1.165) is 31.6 Å². The number of amides is 1. The summed E-state index contributed by atoms with van der Waals surface area (Å²) in [7, 11) is -1.94. The number of piperidine rings is 1. The number of halogens is 2. The number of carbonyl (C=O) groups excluding carboxylic acids is 1. The van der Waals surface area contributed by atoms with Crippen molar-refractivity contribution < 1.29 is 17.9 Å². The number of sulfone groups is 1. The lowest BCUT2D eigenvalue weighted by atomic mass is 10.1. The van der Waals surface area contributed by atoms with Crippen LogP contribution in [0.1, 0.15) is 30.1 Å². The standard InChI is InChI=1S/C21H27ClN4O4S.ClH/c1-3-31(28,29)20-7-5-15(22)13-18(20)25-26-21(27)14-4-6-17(19(12-14)30-2)24-16-8-10-23-11-9-16;/h4-7,12-13,16,23-25H,3,8-11H2,1-2H3,(H,26,27);1H. The van der Waals surface area contributed by atoms with Crippen LogP contribution < -0.4 is 26.2 Å². The fraction of sp³-hybridized carbons (Fsp3) is 0.381. The Labute approximate surface area is 199 Å². The second kappa shape index (κ2) is 11.6. The van der Waals surface area contributed by atoms with E-state index in [1.165, 1.54) is 18.2 Å². The highest BCUT2D eigenvalue weighted by molar-refractivity contribution is 7.91. The minimum atomic E-state index is -3.49. The average Bonchev–Trinajstić information content (AvgIpc) is 2.78. The molecule has 0 aromatic heterocycles. The number of hydrazine groups is 1. The zero-order chi connectivity index (χ0) is 22.4. The maximum atomic E-state index is 12.7. The van der Waals surface area contributed by atoms with Crippen LogP contribution in [0.2, 0.25) is 5.02 Å². The van der Waals surface area contributed by atoms with Crippen LogP contribution in [0.4, 0.5) is 11.4 Å². The molecule has 0 atom stereocenters. The lowest BCUT2D eigenvalue weighted by Crippen LogP contribution is -2.35. The average molecular weight is 503 g/mol. The lowest BCUT2D eigenvalue weighted by molar-refractivity contribution is 0.0962. The minimum absolute atomic E-state index is 0. The Hall–Kier alpha value is -2.20. The quantitative estimate of drug-likeness (QED) is 0.409. The third-order valence-corrected chi connectivity index (χ3v) is 7.15. The first-order chi connectivity index (χ1) is 14.8. The van der Waals surface area contributed by atoms with Crippen LogP contribution in [0.3, 0.4) is 0 Å². The van der Waals surface area contributed by atoms with Crippen LogP contribution in [0.15, 0.2) is 41.3 Å². The van der Waals surface area contributed by atoms with E-state index in [2.05, 4.69) is 21.5 Å². The molecule has 0 saturated carbocycles. The normalized spacial score (nSPS) is 14.2. The maximum Gasteiger partial charge on any atom is 0.269 e. The smallest absolute Gasteiger partial charge is 0.269 e. The number of hydrogen-bond donors (Lipinski definition) is 4. The van der Waals surface area contributed by atoms with E-state index in [0.29, 0.717) is 22.4 Å². The van der Waals surface area contributed by atoms with E-state index >= 15 is 0 Å². The summed E-state index contributed by atoms with van der Waals surface area (Å²) >= 11 is 6.00. The van der Waals surface area contributed by atoms with Crippen LogP contribution >= 0.6 is 24.0 Å². The van der Waals surface area contributed by atoms with E-state index in [1.807, 2.05) is 6.07 Å². The number of rotatable bonds is 8. The second-order valence-corrected chi connectivity index (χ2v) is 9.89. The zero-order valence-electron chi connectivity index (χ0n) is 17.9. The molecule has 1 fully saturated rings. The van der Waals surface area contributed by atoms with Gasteiger partial charge in [0.2, 0.25) is 0 Å². The molecule has 176 valence electrons. The Morgan fingerprint density at radius 2 is 1.88 bits per heavy atom. The van der Waals surface area contributed by atoms with Crippen molar-refractivity contribution in [3.63, 3.8) is 0 Å². The molecule has 2 aromatic rings. The van der Waals surface area contributed by atoms with Gasteiger partial charge in [0.15, 0.2) is 9.84 Å². The van der Waals surface area contributed by atoms with Gasteiger partial charge >= 0.3 is 0 Å². The third kappa shape index (κ3) is 6.41. The summed E-state index contributed by atoms with van der Waals surface area (Å²) in [5.41, 5.74) is 6.61. The summed E-state index contributed by atoms with van der Waals surface area (Å²) < 4.78 is 30.1. The predicted molar refractivity (Wildman–Crippen MR) is 130 cm³/mol. The van der Waals surface area contributed by atoms with Crippen molar-refractivity contribution >= 4 is 51.1 Å². The number of anilines is 2. The van der Waals surface area contributed by atoms with Gasteiger partial charge in [0.1, 0.15) is 5.75 Å². The molecular weight excluding hydrogens is 475 g/mol. The Kier molecular flexibility index (Phi) is 9.45. The molecule has 0 aliphatic carbocycles. The van der Waals surface area contributed by atoms with Crippen LogP contribution in [0.25, 0.3) is 0 Å². The fourth-order valence-electron chi connectivity index (χ4n) is 3.36. The molecule has 0 spiro atoms. The van der Waals surface area contributed by atoms with Crippen molar-refractivity contribution in [2.45, 2.75) is 30.7 Å². The first-order valence-corrected chi connectivity index (χ1v) is 12.1. The fourth-order valence-corrected chi connectivity index (χ4v) is 4.56. The van der Waals surface area contributed by atoms with Crippen molar-refractivity contribution in [3.05, 3.63) is 47.0 Å². The van der Waals surface area contributed by atoms with Gasteiger partial charge in [-0.3, -0.25) is 15.6 Å². The molecule has 1 aliphatic heterocycles. The van der Waals surface area contributed by atoms with Crippen molar-refractivity contribution in [2.75, 3.05) is 36.7 Å². The van der Waals surface area contributed by atoms with Crippen LogP contribution in [-0.4, -0.2) is 46.3 Å². The van der Waals surface area contributed by atoms with Crippen molar-refractivity contribution in [1.82, 2.24) is 10.7 Å². The van der Waals surface area contributed by atoms with E-state index in [9.17, 15) is 13.2 Å². The number of hydrogen-bond acceptors (Lipinski definition) is 7. The third-order valence-electron chi connectivity index (χ3n) is 5.13. The van der Waals surface area contributed by atoms with Crippen LogP contribution in [-0.2, 0) is 9.84 Å². The second-order valence-electron chi connectivity index (χ2n) is 7.21. The number of carbonyl (C=O) groups is 1. The number of ether oxygens (including phenoxy) is 1. The highest BCUT2D eigenvalue weighted by Gasteiger charge is 2.19. The summed E-state index contributed by atoms with van der Waals surface area (Å²) in [4.78, 5) is 12.7. The molecule has 0 bridgehead atoms. The molecule has 8 nitrogen and oxygen atoms in total. The van der Waals surface area contributed by atoms with Gasteiger partial charge in [0.25, 0.3) is 5.91 Å². The minimum Gasteiger partial charge on any atom is -0.495 e. The van der Waals surface area contributed by atoms with Crippen molar-refractivity contribution in [2.24, 2.45) is 0 Å². The van der Waals surface area contributed by atoms with Gasteiger partial charge in [-0.25, -0.2) is 8.42 Å². The zero-order valence-corrected chi connectivity index (χ0v) is 20.3. The molecule has 0 radical (unpaired) electrons. The molecule has 1 heterocycles. The molecule has 4 N–H and O–H groups in total. The van der Waals surface area contributed by atoms with Crippen LogP contribution in [0.5, 0.6) is 5.75 Å². The molecule has 1 amide bonds. The van der Waals surface area contributed by atoms with E-state index in [1.54, 1.807) is 26.2 Å². The highest BCUT2D eigenvalue weighted by atomic mass is 35.5. The Morgan fingerprint density at radius 1 is 1.16 bits per heavy atom. The van der Waals surface area contributed by atoms with Crippen LogP contribution in [0, 0.1) is 0 Å². The Bertz CT molecular complexity index is 1040. The topological polar surface area (TPSA) is 109 Å². The number of nitrogens with one attached hydrogen (secondary N) is 4. The Balaban J connectivity index is 0.00000363. The van der Waals surface area contributed by atoms with E-state index in [4.69, 9.17) is 16.3 Å². The molecule has 11 heteroatoms. The summed E-state index contributed by atoms with van der Waals surface area (Å²) in [5, 5.41) is 7.14. The van der Waals surface area contributed by atoms with Gasteiger partial charge in [0.05, 0.1) is 29.1 Å². The van der Waals surface area contributed by atoms with E-state index < -0.39 is 15.7 Å². The Morgan fingerprint density at radius 3 is 2.53 bits per heavy atom. The summed E-state index contributed by atoms with van der Waals surface area (Å²) in [5.74, 6) is 0.0506. The SMILES string of the molecule is CCS(=O)(=O)c1ccc(Cl)cc1NNC(=O)c1ccc(NC2CCNCC2)c(OC)c1.Cl. The molecule has 1 aliphatic rings. The van der Waals surface area contributed by atoms with Gasteiger partial charge in [-0.05, 0) is 62.3 Å². The summed E-state index contributed by atoms with van der Waals surface area (Å²) in [6, 6.07) is 9.85. The molecule has 3 rings (SSSR count). The molecule has 2 aromatic carbocycles. The van der Waals surface area contributed by atoms with Gasteiger partial charge in [0, 0.05) is 16.6 Å². The molecule has 0 unspecified atom stereocenters. The summed E-state index contributed by atoms with van der Waals surface area (Å²) in [6.45, 7) is 3.48. The summed E-state index contributed by atoms with van der Waals surface area (Å²) in [6.07, 6.45) is 2.02. The first-order valence-electron chi connectivity index (χ1n) is 10.1. The van der Waals surface area contributed by atoms with Gasteiger partial charge in [-0.2, -0.15) is 0 Å². The maximum absolute atomic E-state index is 12.7. The number of methoxy groups -OCH3 is 1. The van der Waals surface area contributed by atoms with Crippen molar-refractivity contribution in [1.29, 1.82) is 0 Å². The van der Waals surface area contributed by atoms with Gasteiger partial charge in [-0.15, -0.1) is 12.4 Å².